The van der Waals surface area contributed by atoms with Crippen molar-refractivity contribution in [3.05, 3.63) is 42.5 Å². The molecule has 1 aliphatic rings. The van der Waals surface area contributed by atoms with Crippen LogP contribution in [0.3, 0.4) is 0 Å². The Morgan fingerprint density at radius 3 is 2.26 bits per heavy atom. The molecule has 146 valence electrons. The number of ether oxygens (including phenoxy) is 2. The minimum absolute atomic E-state index is 0.119. The lowest BCUT2D eigenvalue weighted by atomic mass is 10.2. The Balaban J connectivity index is 1.88. The molecule has 1 aliphatic heterocycles. The zero-order chi connectivity index (χ0) is 19.4. The maximum atomic E-state index is 12.9. The van der Waals surface area contributed by atoms with Gasteiger partial charge in [-0.05, 0) is 31.3 Å². The van der Waals surface area contributed by atoms with Gasteiger partial charge in [-0.3, -0.25) is 4.72 Å². The van der Waals surface area contributed by atoms with Gasteiger partial charge in [-0.25, -0.2) is 8.42 Å². The van der Waals surface area contributed by atoms with Gasteiger partial charge < -0.3 is 19.3 Å². The van der Waals surface area contributed by atoms with E-state index in [0.29, 0.717) is 17.2 Å². The normalized spacial score (nSPS) is 15.4. The van der Waals surface area contributed by atoms with E-state index in [0.717, 1.165) is 31.9 Å². The molecule has 0 radical (unpaired) electrons. The Labute approximate surface area is 160 Å². The first-order valence-corrected chi connectivity index (χ1v) is 10.2. The van der Waals surface area contributed by atoms with Gasteiger partial charge in [0.15, 0.2) is 11.5 Å². The Morgan fingerprint density at radius 2 is 1.59 bits per heavy atom. The van der Waals surface area contributed by atoms with E-state index in [2.05, 4.69) is 21.6 Å². The molecular formula is C19H25N3O4S. The summed E-state index contributed by atoms with van der Waals surface area (Å²) in [6.07, 6.45) is 0. The summed E-state index contributed by atoms with van der Waals surface area (Å²) in [4.78, 5) is 4.58. The predicted molar refractivity (Wildman–Crippen MR) is 107 cm³/mol. The van der Waals surface area contributed by atoms with Crippen LogP contribution in [0.15, 0.2) is 47.4 Å². The lowest BCUT2D eigenvalue weighted by Gasteiger charge is -2.35. The molecule has 3 rings (SSSR count). The summed E-state index contributed by atoms with van der Waals surface area (Å²) < 4.78 is 39.0. The maximum absolute atomic E-state index is 12.9. The number of rotatable bonds is 6. The minimum atomic E-state index is -3.77. The van der Waals surface area contributed by atoms with Crippen LogP contribution in [0, 0.1) is 0 Å². The SMILES string of the molecule is COc1ccc(S(=O)(=O)Nc2ccccc2N2CCN(C)CC2)cc1OC. The summed E-state index contributed by atoms with van der Waals surface area (Å²) in [5.74, 6) is 0.849. The number of nitrogens with zero attached hydrogens (tertiary/aromatic N) is 2. The molecule has 0 unspecified atom stereocenters. The van der Waals surface area contributed by atoms with E-state index in [9.17, 15) is 8.42 Å². The van der Waals surface area contributed by atoms with Gasteiger partial charge in [0.1, 0.15) is 0 Å². The molecule has 7 nitrogen and oxygen atoms in total. The fourth-order valence-electron chi connectivity index (χ4n) is 3.07. The zero-order valence-corrected chi connectivity index (χ0v) is 16.6. The van der Waals surface area contributed by atoms with Crippen molar-refractivity contribution in [3.63, 3.8) is 0 Å². The quantitative estimate of drug-likeness (QED) is 0.815. The number of anilines is 2. The molecule has 0 spiro atoms. The van der Waals surface area contributed by atoms with Gasteiger partial charge in [0, 0.05) is 32.2 Å². The van der Waals surface area contributed by atoms with Crippen LogP contribution in [-0.4, -0.2) is 60.8 Å². The first kappa shape index (κ1) is 19.3. The topological polar surface area (TPSA) is 71.1 Å². The number of para-hydroxylation sites is 2. The van der Waals surface area contributed by atoms with Gasteiger partial charge in [0.25, 0.3) is 10.0 Å². The number of hydrogen-bond acceptors (Lipinski definition) is 6. The van der Waals surface area contributed by atoms with Crippen molar-refractivity contribution < 1.29 is 17.9 Å². The van der Waals surface area contributed by atoms with Crippen LogP contribution in [0.25, 0.3) is 0 Å². The smallest absolute Gasteiger partial charge is 0.262 e. The van der Waals surface area contributed by atoms with Gasteiger partial charge in [-0.2, -0.15) is 0 Å². The van der Waals surface area contributed by atoms with Gasteiger partial charge in [-0.15, -0.1) is 0 Å². The zero-order valence-electron chi connectivity index (χ0n) is 15.8. The summed E-state index contributed by atoms with van der Waals surface area (Å²) >= 11 is 0. The first-order chi connectivity index (χ1) is 12.9. The number of piperazine rings is 1. The number of sulfonamides is 1. The van der Waals surface area contributed by atoms with Crippen LogP contribution < -0.4 is 19.1 Å². The molecule has 0 saturated carbocycles. The molecule has 0 amide bonds. The summed E-state index contributed by atoms with van der Waals surface area (Å²) in [5, 5.41) is 0. The number of methoxy groups -OCH3 is 2. The van der Waals surface area contributed by atoms with Gasteiger partial charge in [-0.1, -0.05) is 12.1 Å². The predicted octanol–water partition coefficient (Wildman–Crippen LogP) is 2.26. The van der Waals surface area contributed by atoms with Crippen molar-refractivity contribution in [3.8, 4) is 11.5 Å². The first-order valence-electron chi connectivity index (χ1n) is 8.72. The van der Waals surface area contributed by atoms with Crippen LogP contribution in [0.4, 0.5) is 11.4 Å². The molecule has 1 heterocycles. The molecule has 0 aliphatic carbocycles. The number of nitrogens with one attached hydrogen (secondary N) is 1. The molecule has 0 bridgehead atoms. The van der Waals surface area contributed by atoms with Gasteiger partial charge >= 0.3 is 0 Å². The second-order valence-electron chi connectivity index (χ2n) is 6.43. The largest absolute Gasteiger partial charge is 0.493 e. The fraction of sp³-hybridized carbons (Fsp3) is 0.368. The van der Waals surface area contributed by atoms with Gasteiger partial charge in [0.2, 0.25) is 0 Å². The highest BCUT2D eigenvalue weighted by Gasteiger charge is 2.21. The standard InChI is InChI=1S/C19H25N3O4S/c1-21-10-12-22(13-11-21)17-7-5-4-6-16(17)20-27(23,24)15-8-9-18(25-2)19(14-15)26-3/h4-9,14,20H,10-13H2,1-3H3. The van der Waals surface area contributed by atoms with Crippen LogP contribution in [-0.2, 0) is 10.0 Å². The molecule has 8 heteroatoms. The van der Waals surface area contributed by atoms with E-state index < -0.39 is 10.0 Å². The molecule has 1 saturated heterocycles. The van der Waals surface area contributed by atoms with Crippen LogP contribution >= 0.6 is 0 Å². The Kier molecular flexibility index (Phi) is 5.76. The Morgan fingerprint density at radius 1 is 0.926 bits per heavy atom. The van der Waals surface area contributed by atoms with E-state index in [4.69, 9.17) is 9.47 Å². The van der Waals surface area contributed by atoms with Crippen LogP contribution in [0.5, 0.6) is 11.5 Å². The van der Waals surface area contributed by atoms with Crippen LogP contribution in [0.2, 0.25) is 0 Å². The molecule has 2 aromatic rings. The lowest BCUT2D eigenvalue weighted by molar-refractivity contribution is 0.313. The molecule has 27 heavy (non-hydrogen) atoms. The number of benzene rings is 2. The monoisotopic (exact) mass is 391 g/mol. The molecular weight excluding hydrogens is 366 g/mol. The fourth-order valence-corrected chi connectivity index (χ4v) is 4.16. The Hall–Kier alpha value is -2.45. The van der Waals surface area contributed by atoms with E-state index in [1.165, 1.54) is 26.4 Å². The third-order valence-corrected chi connectivity index (χ3v) is 6.02. The van der Waals surface area contributed by atoms with Crippen molar-refractivity contribution >= 4 is 21.4 Å². The van der Waals surface area contributed by atoms with E-state index in [1.54, 1.807) is 12.1 Å². The maximum Gasteiger partial charge on any atom is 0.262 e. The average molecular weight is 391 g/mol. The van der Waals surface area contributed by atoms with E-state index in [1.807, 2.05) is 18.2 Å². The summed E-state index contributed by atoms with van der Waals surface area (Å²) in [5.41, 5.74) is 1.45. The average Bonchev–Trinajstić information content (AvgIpc) is 2.68. The third-order valence-electron chi connectivity index (χ3n) is 4.66. The van der Waals surface area contributed by atoms with Crippen molar-refractivity contribution in [2.24, 2.45) is 0 Å². The number of likely N-dealkylation sites (N-methyl/N-ethyl adjacent to an activating group) is 1. The molecule has 1 N–H and O–H groups in total. The second-order valence-corrected chi connectivity index (χ2v) is 8.11. The second kappa shape index (κ2) is 8.06. The van der Waals surface area contributed by atoms with E-state index in [-0.39, 0.29) is 4.90 Å². The molecule has 0 atom stereocenters. The highest BCUT2D eigenvalue weighted by atomic mass is 32.2. The van der Waals surface area contributed by atoms with E-state index >= 15 is 0 Å². The van der Waals surface area contributed by atoms with Crippen molar-refractivity contribution in [1.82, 2.24) is 4.90 Å². The Bertz CT molecular complexity index is 894. The lowest BCUT2D eigenvalue weighted by Crippen LogP contribution is -2.44. The highest BCUT2D eigenvalue weighted by molar-refractivity contribution is 7.92. The molecule has 1 fully saturated rings. The summed E-state index contributed by atoms with van der Waals surface area (Å²) in [6.45, 7) is 3.59. The third kappa shape index (κ3) is 4.28. The summed E-state index contributed by atoms with van der Waals surface area (Å²) in [6, 6.07) is 12.0. The molecule has 2 aromatic carbocycles. The number of hydrogen-bond donors (Lipinski definition) is 1. The summed E-state index contributed by atoms with van der Waals surface area (Å²) in [7, 11) is 1.31. The van der Waals surface area contributed by atoms with Crippen LogP contribution in [0.1, 0.15) is 0 Å². The van der Waals surface area contributed by atoms with Crippen molar-refractivity contribution in [2.75, 3.05) is 57.1 Å². The van der Waals surface area contributed by atoms with Gasteiger partial charge in [0.05, 0.1) is 30.5 Å². The minimum Gasteiger partial charge on any atom is -0.493 e. The van der Waals surface area contributed by atoms with Crippen molar-refractivity contribution in [2.45, 2.75) is 4.90 Å². The van der Waals surface area contributed by atoms with Crippen molar-refractivity contribution in [1.29, 1.82) is 0 Å². The highest BCUT2D eigenvalue weighted by Crippen LogP contribution is 2.32. The molecule has 0 aromatic heterocycles.